The molecule has 0 saturated heterocycles. The monoisotopic (exact) mass is 330 g/mol. The standard InChI is InChI=1S/C20H26O4/c1-6-7-8-17(21)24-20-14(4)13(3)19(22)18(20)16-10-9-15(23-5)11-12(16)2/h9-11,13-14H,6-8H2,1-5H3. The van der Waals surface area contributed by atoms with E-state index in [1.807, 2.05) is 45.9 Å². The van der Waals surface area contributed by atoms with Crippen LogP contribution in [0.5, 0.6) is 5.75 Å². The summed E-state index contributed by atoms with van der Waals surface area (Å²) in [5.41, 5.74) is 2.29. The summed E-state index contributed by atoms with van der Waals surface area (Å²) in [5.74, 6) is 0.750. The Morgan fingerprint density at radius 2 is 1.92 bits per heavy atom. The van der Waals surface area contributed by atoms with Crippen LogP contribution in [-0.2, 0) is 14.3 Å². The van der Waals surface area contributed by atoms with Crippen molar-refractivity contribution in [1.29, 1.82) is 0 Å². The first-order chi connectivity index (χ1) is 11.4. The Kier molecular flexibility index (Phi) is 5.81. The Morgan fingerprint density at radius 1 is 1.21 bits per heavy atom. The number of aryl methyl sites for hydroxylation is 1. The number of benzene rings is 1. The van der Waals surface area contributed by atoms with Gasteiger partial charge >= 0.3 is 5.97 Å². The van der Waals surface area contributed by atoms with E-state index in [1.54, 1.807) is 7.11 Å². The van der Waals surface area contributed by atoms with E-state index < -0.39 is 0 Å². The summed E-state index contributed by atoms with van der Waals surface area (Å²) in [7, 11) is 1.61. The highest BCUT2D eigenvalue weighted by molar-refractivity contribution is 6.25. The molecule has 2 unspecified atom stereocenters. The minimum absolute atomic E-state index is 0.0362. The van der Waals surface area contributed by atoms with Crippen LogP contribution in [0.25, 0.3) is 5.57 Å². The van der Waals surface area contributed by atoms with Gasteiger partial charge in [0.2, 0.25) is 0 Å². The molecule has 4 nitrogen and oxygen atoms in total. The molecule has 0 aromatic heterocycles. The Bertz CT molecular complexity index is 672. The van der Waals surface area contributed by atoms with Crippen molar-refractivity contribution in [3.05, 3.63) is 35.1 Å². The van der Waals surface area contributed by atoms with Gasteiger partial charge in [0.25, 0.3) is 0 Å². The molecule has 0 fully saturated rings. The van der Waals surface area contributed by atoms with Crippen molar-refractivity contribution >= 4 is 17.3 Å². The second-order valence-electron chi connectivity index (χ2n) is 6.44. The van der Waals surface area contributed by atoms with Gasteiger partial charge < -0.3 is 9.47 Å². The van der Waals surface area contributed by atoms with Gasteiger partial charge in [0.15, 0.2) is 5.78 Å². The van der Waals surface area contributed by atoms with E-state index in [2.05, 4.69) is 0 Å². The van der Waals surface area contributed by atoms with Crippen LogP contribution in [0.1, 0.15) is 51.2 Å². The summed E-state index contributed by atoms with van der Waals surface area (Å²) in [4.78, 5) is 24.8. The van der Waals surface area contributed by atoms with Crippen LogP contribution >= 0.6 is 0 Å². The topological polar surface area (TPSA) is 52.6 Å². The number of ketones is 1. The SMILES string of the molecule is CCCCC(=O)OC1=C(c2ccc(OC)cc2C)C(=O)C(C)C1C. The average molecular weight is 330 g/mol. The van der Waals surface area contributed by atoms with Crippen molar-refractivity contribution in [3.63, 3.8) is 0 Å². The predicted octanol–water partition coefficient (Wildman–Crippen LogP) is 4.30. The van der Waals surface area contributed by atoms with Gasteiger partial charge in [-0.3, -0.25) is 9.59 Å². The van der Waals surface area contributed by atoms with Gasteiger partial charge in [-0.05, 0) is 36.6 Å². The lowest BCUT2D eigenvalue weighted by molar-refractivity contribution is -0.140. The number of allylic oxidation sites excluding steroid dienone is 2. The molecule has 1 aliphatic carbocycles. The molecular formula is C20H26O4. The molecule has 0 saturated carbocycles. The van der Waals surface area contributed by atoms with Crippen molar-refractivity contribution in [2.24, 2.45) is 11.8 Å². The Morgan fingerprint density at radius 3 is 2.50 bits per heavy atom. The quantitative estimate of drug-likeness (QED) is 0.730. The number of rotatable bonds is 6. The maximum absolute atomic E-state index is 12.7. The van der Waals surface area contributed by atoms with Gasteiger partial charge in [-0.2, -0.15) is 0 Å². The van der Waals surface area contributed by atoms with E-state index in [1.165, 1.54) is 0 Å². The maximum Gasteiger partial charge on any atom is 0.310 e. The van der Waals surface area contributed by atoms with Crippen molar-refractivity contribution in [1.82, 2.24) is 0 Å². The fourth-order valence-electron chi connectivity index (χ4n) is 2.98. The van der Waals surface area contributed by atoms with Crippen LogP contribution < -0.4 is 4.74 Å². The van der Waals surface area contributed by atoms with Crippen LogP contribution in [0.4, 0.5) is 0 Å². The van der Waals surface area contributed by atoms with E-state index in [9.17, 15) is 9.59 Å². The van der Waals surface area contributed by atoms with Gasteiger partial charge in [-0.15, -0.1) is 0 Å². The highest BCUT2D eigenvalue weighted by Crippen LogP contribution is 2.41. The van der Waals surface area contributed by atoms with Gasteiger partial charge in [0.05, 0.1) is 12.7 Å². The molecule has 2 atom stereocenters. The highest BCUT2D eigenvalue weighted by Gasteiger charge is 2.39. The number of carbonyl (C=O) groups is 2. The largest absolute Gasteiger partial charge is 0.497 e. The molecule has 0 aliphatic heterocycles. The van der Waals surface area contributed by atoms with Gasteiger partial charge in [-0.1, -0.05) is 33.3 Å². The third kappa shape index (κ3) is 3.53. The molecule has 0 radical (unpaired) electrons. The summed E-state index contributed by atoms with van der Waals surface area (Å²) in [6.07, 6.45) is 2.11. The van der Waals surface area contributed by atoms with Crippen LogP contribution in [0, 0.1) is 18.8 Å². The summed E-state index contributed by atoms with van der Waals surface area (Å²) in [6, 6.07) is 5.58. The Balaban J connectivity index is 2.43. The molecule has 0 amide bonds. The van der Waals surface area contributed by atoms with Gasteiger partial charge in [0, 0.05) is 18.3 Å². The minimum atomic E-state index is -0.260. The number of hydrogen-bond acceptors (Lipinski definition) is 4. The molecule has 0 spiro atoms. The first kappa shape index (κ1) is 18.2. The number of unbranched alkanes of at least 4 members (excludes halogenated alkanes) is 1. The lowest BCUT2D eigenvalue weighted by Crippen LogP contribution is -2.13. The van der Waals surface area contributed by atoms with Crippen molar-refractivity contribution in [3.8, 4) is 5.75 Å². The van der Waals surface area contributed by atoms with E-state index in [4.69, 9.17) is 9.47 Å². The highest BCUT2D eigenvalue weighted by atomic mass is 16.5. The van der Waals surface area contributed by atoms with E-state index in [-0.39, 0.29) is 23.6 Å². The molecule has 0 N–H and O–H groups in total. The lowest BCUT2D eigenvalue weighted by Gasteiger charge is -2.14. The first-order valence-corrected chi connectivity index (χ1v) is 8.54. The van der Waals surface area contributed by atoms with Crippen molar-refractivity contribution in [2.45, 2.75) is 47.0 Å². The predicted molar refractivity (Wildman–Crippen MR) is 93.6 cm³/mol. The number of ether oxygens (including phenoxy) is 2. The Hall–Kier alpha value is -2.10. The van der Waals surface area contributed by atoms with Crippen molar-refractivity contribution in [2.75, 3.05) is 7.11 Å². The molecular weight excluding hydrogens is 304 g/mol. The number of methoxy groups -OCH3 is 1. The summed E-state index contributed by atoms with van der Waals surface area (Å²) >= 11 is 0. The van der Waals surface area contributed by atoms with Crippen molar-refractivity contribution < 1.29 is 19.1 Å². The zero-order valence-corrected chi connectivity index (χ0v) is 15.1. The summed E-state index contributed by atoms with van der Waals surface area (Å²) < 4.78 is 10.9. The van der Waals surface area contributed by atoms with Crippen LogP contribution in [0.15, 0.2) is 24.0 Å². The molecule has 0 bridgehead atoms. The normalized spacial score (nSPS) is 20.5. The van der Waals surface area contributed by atoms with E-state index in [0.29, 0.717) is 17.8 Å². The fraction of sp³-hybridized carbons (Fsp3) is 0.500. The Labute approximate surface area is 143 Å². The van der Waals surface area contributed by atoms with Crippen LogP contribution in [-0.4, -0.2) is 18.9 Å². The number of hydrogen-bond donors (Lipinski definition) is 0. The van der Waals surface area contributed by atoms with Gasteiger partial charge in [-0.25, -0.2) is 0 Å². The zero-order chi connectivity index (χ0) is 17.9. The summed E-state index contributed by atoms with van der Waals surface area (Å²) in [5, 5.41) is 0. The second-order valence-corrected chi connectivity index (χ2v) is 6.44. The smallest absolute Gasteiger partial charge is 0.310 e. The molecule has 130 valence electrons. The fourth-order valence-corrected chi connectivity index (χ4v) is 2.98. The molecule has 4 heteroatoms. The maximum atomic E-state index is 12.7. The third-order valence-corrected chi connectivity index (χ3v) is 4.73. The zero-order valence-electron chi connectivity index (χ0n) is 15.1. The molecule has 1 aromatic carbocycles. The first-order valence-electron chi connectivity index (χ1n) is 8.54. The third-order valence-electron chi connectivity index (χ3n) is 4.73. The summed E-state index contributed by atoms with van der Waals surface area (Å²) in [6.45, 7) is 7.79. The van der Waals surface area contributed by atoms with E-state index >= 15 is 0 Å². The lowest BCUT2D eigenvalue weighted by atomic mass is 9.95. The number of Topliss-reactive ketones (excluding diaryl/α,β-unsaturated/α-hetero) is 1. The second kappa shape index (κ2) is 7.65. The van der Waals surface area contributed by atoms with Crippen LogP contribution in [0.2, 0.25) is 0 Å². The van der Waals surface area contributed by atoms with Crippen LogP contribution in [0.3, 0.4) is 0 Å². The molecule has 24 heavy (non-hydrogen) atoms. The number of esters is 1. The average Bonchev–Trinajstić information content (AvgIpc) is 2.77. The number of carbonyl (C=O) groups excluding carboxylic acids is 2. The molecule has 0 heterocycles. The van der Waals surface area contributed by atoms with E-state index in [0.717, 1.165) is 29.7 Å². The van der Waals surface area contributed by atoms with Gasteiger partial charge in [0.1, 0.15) is 11.5 Å². The molecule has 1 aromatic rings. The molecule has 2 rings (SSSR count). The minimum Gasteiger partial charge on any atom is -0.497 e. The molecule has 1 aliphatic rings.